The van der Waals surface area contributed by atoms with Gasteiger partial charge in [0.1, 0.15) is 11.9 Å². The normalized spacial score (nSPS) is 15.0. The quantitative estimate of drug-likeness (QED) is 0.546. The van der Waals surface area contributed by atoms with Gasteiger partial charge in [0.2, 0.25) is 0 Å². The van der Waals surface area contributed by atoms with Crippen LogP contribution >= 0.6 is 0 Å². The van der Waals surface area contributed by atoms with Gasteiger partial charge in [0.25, 0.3) is 0 Å². The Hall–Kier alpha value is -3.53. The van der Waals surface area contributed by atoms with Gasteiger partial charge < -0.3 is 10.4 Å². The number of aromatic hydroxyl groups is 1. The van der Waals surface area contributed by atoms with Crippen molar-refractivity contribution in [1.82, 2.24) is 9.78 Å². The number of hydrogen-bond acceptors (Lipinski definition) is 3. The first-order chi connectivity index (χ1) is 12.8. The van der Waals surface area contributed by atoms with E-state index in [1.54, 1.807) is 12.1 Å². The Labute approximate surface area is 151 Å². The summed E-state index contributed by atoms with van der Waals surface area (Å²) in [4.78, 5) is 0. The van der Waals surface area contributed by atoms with Crippen LogP contribution in [0.15, 0.2) is 84.9 Å². The second kappa shape index (κ2) is 5.77. The summed E-state index contributed by atoms with van der Waals surface area (Å²) >= 11 is 0. The second-order valence-electron chi connectivity index (χ2n) is 6.41. The van der Waals surface area contributed by atoms with E-state index in [9.17, 15) is 5.11 Å². The molecule has 3 aromatic carbocycles. The zero-order chi connectivity index (χ0) is 17.5. The molecule has 0 radical (unpaired) electrons. The maximum Gasteiger partial charge on any atom is 0.147 e. The fraction of sp³-hybridized carbons (Fsp3) is 0.0455. The van der Waals surface area contributed by atoms with Crippen molar-refractivity contribution in [1.29, 1.82) is 0 Å². The molecule has 0 amide bonds. The van der Waals surface area contributed by atoms with E-state index in [4.69, 9.17) is 5.10 Å². The molecule has 0 saturated heterocycles. The zero-order valence-corrected chi connectivity index (χ0v) is 14.0. The SMILES string of the molecule is Oc1ccc(C2Nc3ccccc3-c3cc(-c4ccccc4)nn32)cc1. The Bertz CT molecular complexity index is 1070. The van der Waals surface area contributed by atoms with Crippen LogP contribution in [0.25, 0.3) is 22.5 Å². The van der Waals surface area contributed by atoms with Gasteiger partial charge in [0.05, 0.1) is 11.4 Å². The molecule has 2 N–H and O–H groups in total. The van der Waals surface area contributed by atoms with Crippen LogP contribution in [-0.2, 0) is 0 Å². The predicted molar refractivity (Wildman–Crippen MR) is 103 cm³/mol. The van der Waals surface area contributed by atoms with Gasteiger partial charge in [0, 0.05) is 16.8 Å². The molecule has 1 atom stereocenters. The average Bonchev–Trinajstić information content (AvgIpc) is 3.14. The molecule has 1 aromatic heterocycles. The van der Waals surface area contributed by atoms with Crippen LogP contribution < -0.4 is 5.32 Å². The summed E-state index contributed by atoms with van der Waals surface area (Å²) in [6.45, 7) is 0. The fourth-order valence-electron chi connectivity index (χ4n) is 3.46. The molecule has 0 aliphatic carbocycles. The minimum Gasteiger partial charge on any atom is -0.508 e. The molecular weight excluding hydrogens is 322 g/mol. The Morgan fingerprint density at radius 3 is 2.38 bits per heavy atom. The van der Waals surface area contributed by atoms with Crippen molar-refractivity contribution in [2.45, 2.75) is 6.17 Å². The molecular formula is C22H17N3O. The van der Waals surface area contributed by atoms with Crippen LogP contribution in [0.1, 0.15) is 11.7 Å². The summed E-state index contributed by atoms with van der Waals surface area (Å²) in [6.07, 6.45) is -0.127. The van der Waals surface area contributed by atoms with Crippen LogP contribution in [0, 0.1) is 0 Å². The summed E-state index contributed by atoms with van der Waals surface area (Å²) in [6, 6.07) is 27.9. The third-order valence-corrected chi connectivity index (χ3v) is 4.75. The van der Waals surface area contributed by atoms with Crippen LogP contribution in [0.2, 0.25) is 0 Å². The van der Waals surface area contributed by atoms with Gasteiger partial charge in [-0.3, -0.25) is 0 Å². The van der Waals surface area contributed by atoms with E-state index in [2.05, 4.69) is 35.6 Å². The minimum atomic E-state index is -0.127. The van der Waals surface area contributed by atoms with Crippen molar-refractivity contribution >= 4 is 5.69 Å². The van der Waals surface area contributed by atoms with Gasteiger partial charge in [-0.15, -0.1) is 0 Å². The van der Waals surface area contributed by atoms with Crippen LogP contribution in [0.5, 0.6) is 5.75 Å². The lowest BCUT2D eigenvalue weighted by molar-refractivity contribution is 0.474. The van der Waals surface area contributed by atoms with Gasteiger partial charge in [-0.25, -0.2) is 4.68 Å². The van der Waals surface area contributed by atoms with E-state index in [1.165, 1.54) is 0 Å². The number of phenolic OH excluding ortho intramolecular Hbond substituents is 1. The van der Waals surface area contributed by atoms with Gasteiger partial charge >= 0.3 is 0 Å². The second-order valence-corrected chi connectivity index (χ2v) is 6.41. The Morgan fingerprint density at radius 1 is 0.846 bits per heavy atom. The highest BCUT2D eigenvalue weighted by Crippen LogP contribution is 2.40. The van der Waals surface area contributed by atoms with Crippen LogP contribution in [0.4, 0.5) is 5.69 Å². The van der Waals surface area contributed by atoms with E-state index in [-0.39, 0.29) is 11.9 Å². The first-order valence-corrected chi connectivity index (χ1v) is 8.59. The molecule has 0 fully saturated rings. The molecule has 0 spiro atoms. The molecule has 4 heteroatoms. The molecule has 126 valence electrons. The van der Waals surface area contributed by atoms with Crippen molar-refractivity contribution < 1.29 is 5.11 Å². The molecule has 1 aliphatic rings. The molecule has 2 heterocycles. The monoisotopic (exact) mass is 339 g/mol. The Kier molecular flexibility index (Phi) is 3.28. The van der Waals surface area contributed by atoms with Gasteiger partial charge in [-0.2, -0.15) is 5.10 Å². The highest BCUT2D eigenvalue weighted by Gasteiger charge is 2.26. The lowest BCUT2D eigenvalue weighted by Crippen LogP contribution is -2.25. The summed E-state index contributed by atoms with van der Waals surface area (Å²) in [5, 5.41) is 18.1. The largest absolute Gasteiger partial charge is 0.508 e. The van der Waals surface area contributed by atoms with E-state index in [0.717, 1.165) is 33.8 Å². The van der Waals surface area contributed by atoms with Gasteiger partial charge in [-0.1, -0.05) is 60.7 Å². The highest BCUT2D eigenvalue weighted by molar-refractivity contribution is 5.81. The summed E-state index contributed by atoms with van der Waals surface area (Å²) in [7, 11) is 0. The third-order valence-electron chi connectivity index (χ3n) is 4.75. The third kappa shape index (κ3) is 2.35. The number of fused-ring (bicyclic) bond motifs is 3. The molecule has 4 aromatic rings. The lowest BCUT2D eigenvalue weighted by atomic mass is 10.0. The predicted octanol–water partition coefficient (Wildman–Crippen LogP) is 4.90. The standard InChI is InChI=1S/C22H17N3O/c26-17-12-10-16(11-13-17)22-23-19-9-5-4-8-18(19)21-14-20(24-25(21)22)15-6-2-1-3-7-15/h1-14,22-23,26H. The summed E-state index contributed by atoms with van der Waals surface area (Å²) < 4.78 is 2.02. The van der Waals surface area contributed by atoms with Gasteiger partial charge in [-0.05, 0) is 29.8 Å². The number of para-hydroxylation sites is 1. The molecule has 0 bridgehead atoms. The average molecular weight is 339 g/mol. The van der Waals surface area contributed by atoms with Crippen LogP contribution in [0.3, 0.4) is 0 Å². The maximum absolute atomic E-state index is 9.62. The van der Waals surface area contributed by atoms with Crippen LogP contribution in [-0.4, -0.2) is 14.9 Å². The van der Waals surface area contributed by atoms with Gasteiger partial charge in [0.15, 0.2) is 0 Å². The molecule has 1 unspecified atom stereocenters. The number of hydrogen-bond donors (Lipinski definition) is 2. The van der Waals surface area contributed by atoms with Crippen molar-refractivity contribution in [2.75, 3.05) is 5.32 Å². The molecule has 0 saturated carbocycles. The molecule has 4 nitrogen and oxygen atoms in total. The topological polar surface area (TPSA) is 50.1 Å². The van der Waals surface area contributed by atoms with Crippen molar-refractivity contribution in [3.63, 3.8) is 0 Å². The minimum absolute atomic E-state index is 0.127. The highest BCUT2D eigenvalue weighted by atomic mass is 16.3. The van der Waals surface area contributed by atoms with Crippen molar-refractivity contribution in [3.05, 3.63) is 90.5 Å². The molecule has 26 heavy (non-hydrogen) atoms. The number of phenols is 1. The van der Waals surface area contributed by atoms with Crippen molar-refractivity contribution in [2.24, 2.45) is 0 Å². The first-order valence-electron chi connectivity index (χ1n) is 8.59. The van der Waals surface area contributed by atoms with E-state index in [1.807, 2.05) is 47.1 Å². The number of anilines is 1. The number of nitrogens with one attached hydrogen (secondary N) is 1. The number of rotatable bonds is 2. The Balaban J connectivity index is 1.70. The number of aromatic nitrogens is 2. The fourth-order valence-corrected chi connectivity index (χ4v) is 3.46. The molecule has 1 aliphatic heterocycles. The van der Waals surface area contributed by atoms with Crippen molar-refractivity contribution in [3.8, 4) is 28.3 Å². The van der Waals surface area contributed by atoms with E-state index >= 15 is 0 Å². The summed E-state index contributed by atoms with van der Waals surface area (Å²) in [5.41, 5.74) is 6.38. The lowest BCUT2D eigenvalue weighted by Gasteiger charge is -2.29. The first kappa shape index (κ1) is 14.8. The van der Waals surface area contributed by atoms with E-state index in [0.29, 0.717) is 0 Å². The number of nitrogens with zero attached hydrogens (tertiary/aromatic N) is 2. The smallest absolute Gasteiger partial charge is 0.147 e. The maximum atomic E-state index is 9.62. The summed E-state index contributed by atoms with van der Waals surface area (Å²) in [5.74, 6) is 0.260. The van der Waals surface area contributed by atoms with E-state index < -0.39 is 0 Å². The number of benzene rings is 3. The molecule has 5 rings (SSSR count). The zero-order valence-electron chi connectivity index (χ0n) is 14.0. The Morgan fingerprint density at radius 2 is 1.58 bits per heavy atom.